The van der Waals surface area contributed by atoms with Crippen LogP contribution >= 0.6 is 0 Å². The van der Waals surface area contributed by atoms with E-state index < -0.39 is 0 Å². The highest BCUT2D eigenvalue weighted by Crippen LogP contribution is 2.28. The number of nitriles is 1. The van der Waals surface area contributed by atoms with Crippen molar-refractivity contribution in [2.75, 3.05) is 6.54 Å². The van der Waals surface area contributed by atoms with Crippen LogP contribution in [0, 0.1) is 25.2 Å². The number of benzene rings is 1. The summed E-state index contributed by atoms with van der Waals surface area (Å²) in [7, 11) is 0. The summed E-state index contributed by atoms with van der Waals surface area (Å²) < 4.78 is 6.80. The molecule has 0 unspecified atom stereocenters. The van der Waals surface area contributed by atoms with Gasteiger partial charge in [0, 0.05) is 42.7 Å². The fraction of sp³-hybridized carbons (Fsp3) is 0.273. The highest BCUT2D eigenvalue weighted by molar-refractivity contribution is 5.93. The molecule has 1 atom stereocenters. The molecule has 0 saturated heterocycles. The molecule has 3 aromatic rings. The summed E-state index contributed by atoms with van der Waals surface area (Å²) in [5.41, 5.74) is 12.4. The molecule has 3 heterocycles. The van der Waals surface area contributed by atoms with Crippen molar-refractivity contribution < 1.29 is 9.53 Å². The molecule has 0 spiro atoms. The molecule has 0 bridgehead atoms. The van der Waals surface area contributed by atoms with Gasteiger partial charge >= 0.3 is 5.97 Å². The molecule has 152 valence electrons. The summed E-state index contributed by atoms with van der Waals surface area (Å²) in [6.45, 7) is 5.35. The highest BCUT2D eigenvalue weighted by atomic mass is 16.5. The van der Waals surface area contributed by atoms with Crippen molar-refractivity contribution in [3.05, 3.63) is 75.7 Å². The van der Waals surface area contributed by atoms with E-state index in [1.54, 1.807) is 23.1 Å². The van der Waals surface area contributed by atoms with Crippen LogP contribution in [0.2, 0.25) is 0 Å². The Hall–Kier alpha value is -3.54. The number of nitrogens with zero attached hydrogens (tertiary/aromatic N) is 4. The molecule has 30 heavy (non-hydrogen) atoms. The minimum absolute atomic E-state index is 0.205. The zero-order valence-corrected chi connectivity index (χ0v) is 16.8. The zero-order chi connectivity index (χ0) is 21.3. The molecule has 0 saturated carbocycles. The number of hydrogen-bond acceptors (Lipinski definition) is 7. The molecule has 0 radical (unpaired) electrons. The predicted octanol–water partition coefficient (Wildman–Crippen LogP) is 2.22. The van der Waals surface area contributed by atoms with Crippen LogP contribution in [-0.2, 0) is 17.9 Å². The number of pyridine rings is 1. The van der Waals surface area contributed by atoms with E-state index in [1.165, 1.54) is 0 Å². The quantitative estimate of drug-likeness (QED) is 0.607. The van der Waals surface area contributed by atoms with Crippen LogP contribution in [0.15, 0.2) is 36.8 Å². The van der Waals surface area contributed by atoms with Crippen LogP contribution in [0.4, 0.5) is 0 Å². The molecule has 8 nitrogen and oxygen atoms in total. The van der Waals surface area contributed by atoms with E-state index in [9.17, 15) is 4.79 Å². The van der Waals surface area contributed by atoms with E-state index in [0.29, 0.717) is 36.6 Å². The maximum absolute atomic E-state index is 11.7. The normalized spacial score (nSPS) is 13.6. The van der Waals surface area contributed by atoms with E-state index in [0.717, 1.165) is 27.8 Å². The molecule has 1 aromatic carbocycles. The number of nitrogens with one attached hydrogen (secondary N) is 1. The molecule has 4 rings (SSSR count). The third kappa shape index (κ3) is 3.68. The summed E-state index contributed by atoms with van der Waals surface area (Å²) in [5.74, 6) is 0.398. The van der Waals surface area contributed by atoms with Gasteiger partial charge in [0.05, 0.1) is 17.3 Å². The summed E-state index contributed by atoms with van der Waals surface area (Å²) in [6, 6.07) is 7.45. The van der Waals surface area contributed by atoms with Crippen LogP contribution in [-0.4, -0.2) is 27.3 Å². The molecule has 3 N–H and O–H groups in total. The van der Waals surface area contributed by atoms with Gasteiger partial charge in [-0.2, -0.15) is 10.4 Å². The van der Waals surface area contributed by atoms with Crippen molar-refractivity contribution in [1.29, 1.82) is 5.26 Å². The number of fused-ring (bicyclic) bond motifs is 1. The van der Waals surface area contributed by atoms with Gasteiger partial charge in [-0.05, 0) is 42.7 Å². The molecule has 8 heteroatoms. The van der Waals surface area contributed by atoms with Crippen molar-refractivity contribution in [3.63, 3.8) is 0 Å². The number of aromatic nitrogens is 3. The van der Waals surface area contributed by atoms with Gasteiger partial charge in [-0.25, -0.2) is 14.5 Å². The molecule has 2 aromatic heterocycles. The SMILES string of the molecule is Cc1cc(-n2cc(CNC[C@H](N)c3ccc4c(c3C)COC4=O)cn2)ncc1C#N. The largest absolute Gasteiger partial charge is 0.457 e. The number of carbonyl (C=O) groups is 1. The van der Waals surface area contributed by atoms with Crippen LogP contribution in [0.5, 0.6) is 0 Å². The first-order valence-electron chi connectivity index (χ1n) is 9.64. The number of carbonyl (C=O) groups excluding carboxylic acids is 1. The van der Waals surface area contributed by atoms with Crippen LogP contribution in [0.3, 0.4) is 0 Å². The number of rotatable bonds is 6. The van der Waals surface area contributed by atoms with Crippen LogP contribution < -0.4 is 11.1 Å². The summed E-state index contributed by atoms with van der Waals surface area (Å²) in [5, 5.41) is 16.7. The predicted molar refractivity (Wildman–Crippen MR) is 110 cm³/mol. The second-order valence-corrected chi connectivity index (χ2v) is 7.38. The number of ether oxygens (including phenoxy) is 1. The van der Waals surface area contributed by atoms with Gasteiger partial charge in [0.2, 0.25) is 0 Å². The lowest BCUT2D eigenvalue weighted by molar-refractivity contribution is 0.0535. The smallest absolute Gasteiger partial charge is 0.338 e. The van der Waals surface area contributed by atoms with Crippen molar-refractivity contribution in [2.45, 2.75) is 33.0 Å². The van der Waals surface area contributed by atoms with Crippen molar-refractivity contribution >= 4 is 5.97 Å². The number of cyclic esters (lactones) is 1. The molecule has 0 aliphatic carbocycles. The van der Waals surface area contributed by atoms with E-state index in [2.05, 4.69) is 21.5 Å². The van der Waals surface area contributed by atoms with Gasteiger partial charge in [-0.3, -0.25) is 0 Å². The van der Waals surface area contributed by atoms with Crippen molar-refractivity contribution in [1.82, 2.24) is 20.1 Å². The molecule has 1 aliphatic rings. The van der Waals surface area contributed by atoms with Gasteiger partial charge in [-0.15, -0.1) is 0 Å². The van der Waals surface area contributed by atoms with E-state index in [-0.39, 0.29) is 12.0 Å². The monoisotopic (exact) mass is 402 g/mol. The third-order valence-corrected chi connectivity index (χ3v) is 5.39. The average Bonchev–Trinajstić information content (AvgIpc) is 3.36. The Morgan fingerprint density at radius 1 is 1.37 bits per heavy atom. The molecular weight excluding hydrogens is 380 g/mol. The standard InChI is InChI=1S/C22H22N6O2/c1-13-5-21(26-9-16(13)6-23)28-11-15(8-27-28)7-25-10-20(24)17-3-4-18-19(14(17)2)12-30-22(18)29/h3-5,8-9,11,20,25H,7,10,12,24H2,1-2H3/t20-/m0/s1. The maximum atomic E-state index is 11.7. The van der Waals surface area contributed by atoms with Crippen LogP contribution in [0.1, 0.15) is 49.8 Å². The fourth-order valence-electron chi connectivity index (χ4n) is 3.61. The van der Waals surface area contributed by atoms with Gasteiger partial charge in [0.25, 0.3) is 0 Å². The topological polar surface area (TPSA) is 119 Å². The second kappa shape index (κ2) is 8.06. The Morgan fingerprint density at radius 3 is 2.97 bits per heavy atom. The number of nitrogens with two attached hydrogens (primary N) is 1. The minimum Gasteiger partial charge on any atom is -0.457 e. The molecular formula is C22H22N6O2. The number of aryl methyl sites for hydroxylation is 1. The van der Waals surface area contributed by atoms with Crippen molar-refractivity contribution in [2.24, 2.45) is 5.73 Å². The Labute approximate surface area is 174 Å². The first-order valence-corrected chi connectivity index (χ1v) is 9.64. The van der Waals surface area contributed by atoms with Gasteiger partial charge in [0.1, 0.15) is 12.7 Å². The second-order valence-electron chi connectivity index (χ2n) is 7.38. The van der Waals surface area contributed by atoms with Crippen molar-refractivity contribution in [3.8, 4) is 11.9 Å². The lowest BCUT2D eigenvalue weighted by atomic mass is 9.94. The minimum atomic E-state index is -0.268. The third-order valence-electron chi connectivity index (χ3n) is 5.39. The average molecular weight is 402 g/mol. The molecule has 0 amide bonds. The fourth-order valence-corrected chi connectivity index (χ4v) is 3.61. The van der Waals surface area contributed by atoms with E-state index >= 15 is 0 Å². The number of esters is 1. The van der Waals surface area contributed by atoms with Gasteiger partial charge < -0.3 is 15.8 Å². The Morgan fingerprint density at radius 2 is 2.20 bits per heavy atom. The Kier molecular flexibility index (Phi) is 5.31. The summed E-state index contributed by atoms with van der Waals surface area (Å²) >= 11 is 0. The van der Waals surface area contributed by atoms with E-state index in [1.807, 2.05) is 32.2 Å². The van der Waals surface area contributed by atoms with E-state index in [4.69, 9.17) is 15.7 Å². The zero-order valence-electron chi connectivity index (χ0n) is 16.8. The lowest BCUT2D eigenvalue weighted by Crippen LogP contribution is -2.27. The van der Waals surface area contributed by atoms with Gasteiger partial charge in [-0.1, -0.05) is 6.07 Å². The number of hydrogen-bond donors (Lipinski definition) is 2. The maximum Gasteiger partial charge on any atom is 0.338 e. The lowest BCUT2D eigenvalue weighted by Gasteiger charge is -2.17. The van der Waals surface area contributed by atoms with Gasteiger partial charge in [0.15, 0.2) is 5.82 Å². The molecule has 1 aliphatic heterocycles. The Bertz CT molecular complexity index is 1160. The summed E-state index contributed by atoms with van der Waals surface area (Å²) in [4.78, 5) is 16.0. The molecule has 0 fully saturated rings. The summed E-state index contributed by atoms with van der Waals surface area (Å²) in [6.07, 6.45) is 5.23. The first kappa shape index (κ1) is 19.8. The first-order chi connectivity index (χ1) is 14.5. The van der Waals surface area contributed by atoms with Crippen LogP contribution in [0.25, 0.3) is 5.82 Å². The highest BCUT2D eigenvalue weighted by Gasteiger charge is 2.25. The Balaban J connectivity index is 1.38.